The molecule has 2 aromatic heterocycles. The highest BCUT2D eigenvalue weighted by atomic mass is 19.3. The number of carboxylic acid groups (broad SMARTS) is 1. The van der Waals surface area contributed by atoms with Crippen LogP contribution in [0.4, 0.5) is 26.0 Å². The SMILES string of the molecule is CC(=O)N1CCc2c(c(N3CCCc4cc(-c5ccc(OC6CC7(CCN(c8ccc(C(=O)O)cc8)CC7)C6)nc5)c(C(F)F)cc43)nn2C2CCOCC2)C1. The van der Waals surface area contributed by atoms with Crippen molar-refractivity contribution in [3.63, 3.8) is 0 Å². The van der Waals surface area contributed by atoms with Gasteiger partial charge in [-0.2, -0.15) is 5.10 Å². The van der Waals surface area contributed by atoms with E-state index in [0.717, 1.165) is 98.5 Å². The minimum atomic E-state index is -2.70. The number of pyridine rings is 1. The van der Waals surface area contributed by atoms with Gasteiger partial charge in [-0.25, -0.2) is 18.6 Å². The first-order valence-electron chi connectivity index (χ1n) is 20.0. The Kier molecular flexibility index (Phi) is 9.67. The van der Waals surface area contributed by atoms with Gasteiger partial charge in [-0.1, -0.05) is 0 Å². The quantitative estimate of drug-likeness (QED) is 0.192. The van der Waals surface area contributed by atoms with Crippen molar-refractivity contribution in [2.75, 3.05) is 49.2 Å². The number of piperidine rings is 1. The number of ether oxygens (including phenoxy) is 2. The zero-order valence-electron chi connectivity index (χ0n) is 31.8. The van der Waals surface area contributed by atoms with Gasteiger partial charge in [0.2, 0.25) is 11.8 Å². The average molecular weight is 767 g/mol. The second kappa shape index (κ2) is 14.8. The van der Waals surface area contributed by atoms with E-state index in [1.165, 1.54) is 0 Å². The molecule has 56 heavy (non-hydrogen) atoms. The molecule has 13 heteroatoms. The number of amides is 1. The standard InChI is InChI=1S/C43H48F2N6O5/c1-27(52)49-16-10-37-36(26-49)41(47-51(37)32-11-19-55-20-12-32)50-15-2-3-29-21-34(35(40(44)45)22-38(29)50)30-6-9-39(46-25-30)56-33-23-43(24-33)13-17-48(18-14-43)31-7-4-28(5-8-31)42(53)54/h4-9,21-22,25,32-33,40H,2-3,10-20,23-24,26H2,1H3,(H,53,54). The van der Waals surface area contributed by atoms with Crippen LogP contribution in [0.2, 0.25) is 0 Å². The van der Waals surface area contributed by atoms with E-state index in [-0.39, 0.29) is 29.0 Å². The fourth-order valence-electron chi connectivity index (χ4n) is 9.68. The number of carbonyl (C=O) groups excluding carboxylic acids is 1. The number of aromatic carboxylic acids is 1. The molecule has 4 aliphatic heterocycles. The maximum atomic E-state index is 15.0. The third-order valence-electron chi connectivity index (χ3n) is 12.9. The van der Waals surface area contributed by atoms with Crippen LogP contribution in [-0.2, 0) is 28.9 Å². The normalized spacial score (nSPS) is 19.8. The predicted molar refractivity (Wildman–Crippen MR) is 207 cm³/mol. The number of rotatable bonds is 8. The average Bonchev–Trinajstić information content (AvgIpc) is 3.59. The topological polar surface area (TPSA) is 113 Å². The number of alkyl halides is 2. The number of aromatic nitrogens is 3. The molecule has 1 spiro atoms. The van der Waals surface area contributed by atoms with Crippen LogP contribution < -0.4 is 14.5 Å². The van der Waals surface area contributed by atoms with Crippen molar-refractivity contribution < 1.29 is 33.0 Å². The van der Waals surface area contributed by atoms with Crippen molar-refractivity contribution in [3.8, 4) is 17.0 Å². The van der Waals surface area contributed by atoms with Crippen LogP contribution in [0.3, 0.4) is 0 Å². The zero-order valence-corrected chi connectivity index (χ0v) is 31.8. The van der Waals surface area contributed by atoms with Crippen LogP contribution >= 0.6 is 0 Å². The number of fused-ring (bicyclic) bond motifs is 2. The summed E-state index contributed by atoms with van der Waals surface area (Å²) in [5.74, 6) is 0.366. The van der Waals surface area contributed by atoms with Crippen LogP contribution in [0.1, 0.15) is 97.1 Å². The highest BCUT2D eigenvalue weighted by Crippen LogP contribution is 2.51. The number of benzene rings is 2. The molecule has 0 atom stereocenters. The predicted octanol–water partition coefficient (Wildman–Crippen LogP) is 7.75. The minimum Gasteiger partial charge on any atom is -0.478 e. The second-order valence-corrected chi connectivity index (χ2v) is 16.2. The molecule has 2 aromatic carbocycles. The summed E-state index contributed by atoms with van der Waals surface area (Å²) in [6.07, 6.45) is 7.05. The van der Waals surface area contributed by atoms with Crippen LogP contribution in [0.15, 0.2) is 54.7 Å². The summed E-state index contributed by atoms with van der Waals surface area (Å²) < 4.78 is 44.0. The van der Waals surface area contributed by atoms with Gasteiger partial charge in [0.1, 0.15) is 6.10 Å². The Morgan fingerprint density at radius 2 is 1.75 bits per heavy atom. The highest BCUT2D eigenvalue weighted by Gasteiger charge is 2.47. The van der Waals surface area contributed by atoms with Gasteiger partial charge in [-0.05, 0) is 110 Å². The molecule has 294 valence electrons. The molecule has 11 nitrogen and oxygen atoms in total. The molecule has 3 fully saturated rings. The van der Waals surface area contributed by atoms with E-state index in [2.05, 4.69) is 19.5 Å². The lowest BCUT2D eigenvalue weighted by atomic mass is 9.61. The van der Waals surface area contributed by atoms with Crippen molar-refractivity contribution in [1.29, 1.82) is 0 Å². The van der Waals surface area contributed by atoms with Crippen LogP contribution in [0.25, 0.3) is 11.1 Å². The minimum absolute atomic E-state index is 0.0202. The lowest BCUT2D eigenvalue weighted by molar-refractivity contribution is -0.129. The molecule has 2 saturated heterocycles. The van der Waals surface area contributed by atoms with E-state index in [9.17, 15) is 23.5 Å². The number of carboxylic acids is 1. The molecular weight excluding hydrogens is 719 g/mol. The van der Waals surface area contributed by atoms with Crippen LogP contribution in [0, 0.1) is 5.41 Å². The van der Waals surface area contributed by atoms with Crippen molar-refractivity contribution in [2.45, 2.75) is 89.8 Å². The molecule has 4 aromatic rings. The number of aryl methyl sites for hydroxylation is 1. The zero-order chi connectivity index (χ0) is 38.6. The molecule has 5 aliphatic rings. The molecule has 0 radical (unpaired) electrons. The molecule has 1 aliphatic carbocycles. The van der Waals surface area contributed by atoms with Gasteiger partial charge in [-0.15, -0.1) is 0 Å². The Balaban J connectivity index is 0.903. The monoisotopic (exact) mass is 766 g/mol. The summed E-state index contributed by atoms with van der Waals surface area (Å²) in [6.45, 7) is 6.54. The summed E-state index contributed by atoms with van der Waals surface area (Å²) in [7, 11) is 0. The Labute approximate surface area is 325 Å². The highest BCUT2D eigenvalue weighted by molar-refractivity contribution is 5.88. The summed E-state index contributed by atoms with van der Waals surface area (Å²) in [4.78, 5) is 34.6. The Morgan fingerprint density at radius 3 is 2.43 bits per heavy atom. The van der Waals surface area contributed by atoms with E-state index in [0.29, 0.717) is 61.8 Å². The van der Waals surface area contributed by atoms with E-state index in [4.69, 9.17) is 14.6 Å². The molecular formula is C43H48F2N6O5. The molecule has 1 amide bonds. The van der Waals surface area contributed by atoms with E-state index >= 15 is 0 Å². The number of hydrogen-bond donors (Lipinski definition) is 1. The summed E-state index contributed by atoms with van der Waals surface area (Å²) in [6, 6.07) is 14.5. The van der Waals surface area contributed by atoms with Crippen LogP contribution in [-0.4, -0.2) is 82.1 Å². The summed E-state index contributed by atoms with van der Waals surface area (Å²) in [5, 5.41) is 14.4. The maximum Gasteiger partial charge on any atom is 0.335 e. The van der Waals surface area contributed by atoms with Crippen molar-refractivity contribution in [1.82, 2.24) is 19.7 Å². The fourth-order valence-corrected chi connectivity index (χ4v) is 9.68. The van der Waals surface area contributed by atoms with Gasteiger partial charge in [-0.3, -0.25) is 9.48 Å². The van der Waals surface area contributed by atoms with Gasteiger partial charge in [0.05, 0.1) is 18.2 Å². The van der Waals surface area contributed by atoms with E-state index < -0.39 is 12.4 Å². The van der Waals surface area contributed by atoms with Gasteiger partial charge in [0.15, 0.2) is 5.82 Å². The van der Waals surface area contributed by atoms with Gasteiger partial charge in [0.25, 0.3) is 6.43 Å². The Bertz CT molecular complexity index is 2100. The number of anilines is 3. The smallest absolute Gasteiger partial charge is 0.335 e. The number of carbonyl (C=O) groups is 2. The third kappa shape index (κ3) is 6.88. The van der Waals surface area contributed by atoms with Gasteiger partial charge < -0.3 is 29.3 Å². The van der Waals surface area contributed by atoms with Gasteiger partial charge >= 0.3 is 5.97 Å². The van der Waals surface area contributed by atoms with Gasteiger partial charge in [0, 0.05) is 98.8 Å². The largest absolute Gasteiger partial charge is 0.478 e. The number of halogens is 2. The summed E-state index contributed by atoms with van der Waals surface area (Å²) >= 11 is 0. The molecule has 1 N–H and O–H groups in total. The van der Waals surface area contributed by atoms with E-state index in [1.807, 2.05) is 29.2 Å². The molecule has 6 heterocycles. The lowest BCUT2D eigenvalue weighted by Gasteiger charge is -2.52. The fraction of sp³-hybridized carbons (Fsp3) is 0.488. The second-order valence-electron chi connectivity index (χ2n) is 16.2. The first-order chi connectivity index (χ1) is 27.1. The lowest BCUT2D eigenvalue weighted by Crippen LogP contribution is -2.51. The Morgan fingerprint density at radius 1 is 0.982 bits per heavy atom. The third-order valence-corrected chi connectivity index (χ3v) is 12.9. The first kappa shape index (κ1) is 36.6. The molecule has 1 saturated carbocycles. The molecule has 0 unspecified atom stereocenters. The first-order valence-corrected chi connectivity index (χ1v) is 20.0. The number of hydrogen-bond acceptors (Lipinski definition) is 8. The van der Waals surface area contributed by atoms with Crippen LogP contribution in [0.5, 0.6) is 5.88 Å². The Hall–Kier alpha value is -5.04. The molecule has 0 bridgehead atoms. The summed E-state index contributed by atoms with van der Waals surface area (Å²) in [5.41, 5.74) is 6.53. The van der Waals surface area contributed by atoms with Crippen molar-refractivity contribution in [3.05, 3.63) is 82.7 Å². The van der Waals surface area contributed by atoms with Crippen molar-refractivity contribution >= 4 is 29.1 Å². The van der Waals surface area contributed by atoms with E-state index in [1.54, 1.807) is 37.4 Å². The van der Waals surface area contributed by atoms with Crippen molar-refractivity contribution in [2.24, 2.45) is 5.41 Å². The molecule has 9 rings (SSSR count). The number of nitrogens with zero attached hydrogens (tertiary/aromatic N) is 6. The maximum absolute atomic E-state index is 15.0.